The third-order valence-electron chi connectivity index (χ3n) is 4.85. The number of nitriles is 1. The van der Waals surface area contributed by atoms with Crippen LogP contribution in [0.4, 0.5) is 5.82 Å². The molecule has 168 valence electrons. The van der Waals surface area contributed by atoms with E-state index in [0.29, 0.717) is 35.3 Å². The Morgan fingerprint density at radius 1 is 1.31 bits per heavy atom. The number of nitrogen functional groups attached to an aromatic ring is 1. The van der Waals surface area contributed by atoms with Crippen LogP contribution in [0.2, 0.25) is 0 Å². The maximum absolute atomic E-state index is 12.8. The van der Waals surface area contributed by atoms with Gasteiger partial charge in [-0.15, -0.1) is 0 Å². The van der Waals surface area contributed by atoms with Crippen LogP contribution in [-0.2, 0) is 16.6 Å². The largest absolute Gasteiger partial charge is 0.396 e. The summed E-state index contributed by atoms with van der Waals surface area (Å²) in [6.07, 6.45) is 3.07. The van der Waals surface area contributed by atoms with Crippen molar-refractivity contribution in [3.05, 3.63) is 46.8 Å². The standard InChI is InChI=1S/C22H26N6O3S/c1-14(2)27-32(30,31)17(12-23)11-18-19(16-7-5-15(3)6-8-16)20-21(24)25-13-26-22(20)28(18)9-4-10-29/h5-8,11,13-14,27,29H,4,9-10H2,1-3H3,(H2,24,25,26). The van der Waals surface area contributed by atoms with Crippen molar-refractivity contribution < 1.29 is 13.5 Å². The summed E-state index contributed by atoms with van der Waals surface area (Å²) < 4.78 is 29.8. The van der Waals surface area contributed by atoms with E-state index in [-0.39, 0.29) is 18.5 Å². The molecule has 0 unspecified atom stereocenters. The first-order valence-corrected chi connectivity index (χ1v) is 11.6. The highest BCUT2D eigenvalue weighted by molar-refractivity contribution is 7.93. The van der Waals surface area contributed by atoms with Gasteiger partial charge in [-0.3, -0.25) is 0 Å². The monoisotopic (exact) mass is 454 g/mol. The number of fused-ring (bicyclic) bond motifs is 1. The van der Waals surface area contributed by atoms with Gasteiger partial charge in [0.05, 0.1) is 11.1 Å². The molecule has 10 heteroatoms. The minimum absolute atomic E-state index is 0.0679. The predicted octanol–water partition coefficient (Wildman–Crippen LogP) is 2.56. The summed E-state index contributed by atoms with van der Waals surface area (Å²) >= 11 is 0. The average Bonchev–Trinajstić information content (AvgIpc) is 3.04. The van der Waals surface area contributed by atoms with Gasteiger partial charge in [0.25, 0.3) is 10.0 Å². The molecule has 0 aliphatic carbocycles. The molecule has 0 aliphatic rings. The van der Waals surface area contributed by atoms with Crippen molar-refractivity contribution in [1.82, 2.24) is 19.3 Å². The number of rotatable bonds is 8. The molecule has 1 aromatic carbocycles. The Labute approximate surface area is 187 Å². The molecule has 0 fully saturated rings. The molecule has 2 heterocycles. The van der Waals surface area contributed by atoms with Crippen LogP contribution in [0.15, 0.2) is 35.5 Å². The van der Waals surface area contributed by atoms with Crippen LogP contribution >= 0.6 is 0 Å². The van der Waals surface area contributed by atoms with Gasteiger partial charge >= 0.3 is 0 Å². The quantitative estimate of drug-likeness (QED) is 0.443. The Morgan fingerprint density at radius 3 is 2.59 bits per heavy atom. The van der Waals surface area contributed by atoms with Crippen LogP contribution in [0.1, 0.15) is 31.5 Å². The highest BCUT2D eigenvalue weighted by atomic mass is 32.2. The van der Waals surface area contributed by atoms with E-state index in [0.717, 1.165) is 11.1 Å². The summed E-state index contributed by atoms with van der Waals surface area (Å²) in [5, 5.41) is 19.7. The van der Waals surface area contributed by atoms with Crippen molar-refractivity contribution in [2.45, 2.75) is 39.8 Å². The first-order chi connectivity index (χ1) is 15.2. The summed E-state index contributed by atoms with van der Waals surface area (Å²) in [5.74, 6) is 0.240. The second kappa shape index (κ2) is 9.48. The highest BCUT2D eigenvalue weighted by Crippen LogP contribution is 2.38. The number of benzene rings is 1. The average molecular weight is 455 g/mol. The van der Waals surface area contributed by atoms with Gasteiger partial charge in [0.1, 0.15) is 23.9 Å². The molecular weight excluding hydrogens is 428 g/mol. The van der Waals surface area contributed by atoms with Crippen LogP contribution in [0.25, 0.3) is 28.2 Å². The molecule has 0 spiro atoms. The lowest BCUT2D eigenvalue weighted by atomic mass is 10.0. The first-order valence-electron chi connectivity index (χ1n) is 10.1. The fourth-order valence-corrected chi connectivity index (χ4v) is 4.63. The molecule has 0 atom stereocenters. The number of nitrogens with one attached hydrogen (secondary N) is 1. The molecule has 3 aromatic rings. The first kappa shape index (κ1) is 23.4. The number of aliphatic hydroxyl groups excluding tert-OH is 1. The van der Waals surface area contributed by atoms with Gasteiger partial charge in [-0.25, -0.2) is 23.1 Å². The van der Waals surface area contributed by atoms with Crippen LogP contribution in [-0.4, -0.2) is 40.7 Å². The zero-order valence-electron chi connectivity index (χ0n) is 18.2. The van der Waals surface area contributed by atoms with Crippen molar-refractivity contribution in [3.63, 3.8) is 0 Å². The molecule has 32 heavy (non-hydrogen) atoms. The molecule has 0 saturated heterocycles. The van der Waals surface area contributed by atoms with Crippen LogP contribution in [0.5, 0.6) is 0 Å². The maximum atomic E-state index is 12.8. The number of allylic oxidation sites excluding steroid dienone is 1. The number of sulfonamides is 1. The van der Waals surface area contributed by atoms with Crippen LogP contribution in [0, 0.1) is 18.3 Å². The predicted molar refractivity (Wildman–Crippen MR) is 125 cm³/mol. The van der Waals surface area contributed by atoms with Crippen molar-refractivity contribution in [2.24, 2.45) is 0 Å². The maximum Gasteiger partial charge on any atom is 0.251 e. The molecule has 0 saturated carbocycles. The van der Waals surface area contributed by atoms with Crippen molar-refractivity contribution in [3.8, 4) is 17.2 Å². The van der Waals surface area contributed by atoms with E-state index >= 15 is 0 Å². The summed E-state index contributed by atoms with van der Waals surface area (Å²) in [6, 6.07) is 9.09. The van der Waals surface area contributed by atoms with Gasteiger partial charge in [-0.2, -0.15) is 5.26 Å². The molecule has 0 aliphatic heterocycles. The van der Waals surface area contributed by atoms with E-state index in [9.17, 15) is 18.8 Å². The third-order valence-corrected chi connectivity index (χ3v) is 6.42. The van der Waals surface area contributed by atoms with E-state index in [1.807, 2.05) is 31.2 Å². The lowest BCUT2D eigenvalue weighted by Crippen LogP contribution is -2.31. The van der Waals surface area contributed by atoms with Crippen molar-refractivity contribution >= 4 is 33.0 Å². The minimum atomic E-state index is -4.04. The zero-order valence-corrected chi connectivity index (χ0v) is 19.0. The number of anilines is 1. The fourth-order valence-electron chi connectivity index (χ4n) is 3.50. The fraction of sp³-hybridized carbons (Fsp3) is 0.318. The summed E-state index contributed by atoms with van der Waals surface area (Å²) in [7, 11) is -4.04. The molecule has 2 aromatic heterocycles. The smallest absolute Gasteiger partial charge is 0.251 e. The number of nitrogens with two attached hydrogens (primary N) is 1. The van der Waals surface area contributed by atoms with E-state index in [4.69, 9.17) is 5.73 Å². The number of nitrogens with zero attached hydrogens (tertiary/aromatic N) is 4. The second-order valence-corrected chi connectivity index (χ2v) is 9.39. The second-order valence-electron chi connectivity index (χ2n) is 7.71. The summed E-state index contributed by atoms with van der Waals surface area (Å²) in [5.41, 5.74) is 9.64. The number of hydrogen-bond acceptors (Lipinski definition) is 7. The van der Waals surface area contributed by atoms with Gasteiger partial charge in [-0.05, 0) is 38.8 Å². The summed E-state index contributed by atoms with van der Waals surface area (Å²) in [6.45, 7) is 5.60. The SMILES string of the molecule is Cc1ccc(-c2c(C=C(C#N)S(=O)(=O)NC(C)C)n(CCCO)c3ncnc(N)c23)cc1. The summed E-state index contributed by atoms with van der Waals surface area (Å²) in [4.78, 5) is 8.07. The Hall–Kier alpha value is -3.26. The lowest BCUT2D eigenvalue weighted by Gasteiger charge is -2.11. The third kappa shape index (κ3) is 4.65. The van der Waals surface area contributed by atoms with Gasteiger partial charge in [0.15, 0.2) is 4.91 Å². The number of hydrogen-bond donors (Lipinski definition) is 3. The van der Waals surface area contributed by atoms with E-state index in [1.54, 1.807) is 24.5 Å². The molecule has 9 nitrogen and oxygen atoms in total. The Bertz CT molecular complexity index is 1300. The molecule has 4 N–H and O–H groups in total. The van der Waals surface area contributed by atoms with E-state index in [2.05, 4.69) is 14.7 Å². The van der Waals surface area contributed by atoms with Crippen molar-refractivity contribution in [2.75, 3.05) is 12.3 Å². The van der Waals surface area contributed by atoms with Gasteiger partial charge < -0.3 is 15.4 Å². The molecule has 0 bridgehead atoms. The van der Waals surface area contributed by atoms with Crippen molar-refractivity contribution in [1.29, 1.82) is 5.26 Å². The molecule has 3 rings (SSSR count). The van der Waals surface area contributed by atoms with Crippen LogP contribution < -0.4 is 10.5 Å². The molecule has 0 radical (unpaired) electrons. The normalized spacial score (nSPS) is 12.4. The van der Waals surface area contributed by atoms with E-state index in [1.165, 1.54) is 12.4 Å². The molecule has 0 amide bonds. The number of aromatic nitrogens is 3. The molecular formula is C22H26N6O3S. The number of aryl methyl sites for hydroxylation is 2. The topological polar surface area (TPSA) is 147 Å². The highest BCUT2D eigenvalue weighted by Gasteiger charge is 2.25. The van der Waals surface area contributed by atoms with Gasteiger partial charge in [0.2, 0.25) is 0 Å². The Kier molecular flexibility index (Phi) is 6.93. The van der Waals surface area contributed by atoms with Gasteiger partial charge in [-0.1, -0.05) is 29.8 Å². The minimum Gasteiger partial charge on any atom is -0.396 e. The Morgan fingerprint density at radius 2 is 2.00 bits per heavy atom. The van der Waals surface area contributed by atoms with E-state index < -0.39 is 14.9 Å². The Balaban J connectivity index is 2.42. The zero-order chi connectivity index (χ0) is 23.5. The van der Waals surface area contributed by atoms with Gasteiger partial charge in [0, 0.05) is 24.8 Å². The van der Waals surface area contributed by atoms with Crippen LogP contribution in [0.3, 0.4) is 0 Å². The lowest BCUT2D eigenvalue weighted by molar-refractivity contribution is 0.280. The number of aliphatic hydroxyl groups is 1.